The van der Waals surface area contributed by atoms with Crippen LogP contribution in [0.5, 0.6) is 5.75 Å². The highest BCUT2D eigenvalue weighted by Crippen LogP contribution is 2.24. The van der Waals surface area contributed by atoms with Gasteiger partial charge in [0.1, 0.15) is 10.7 Å². The summed E-state index contributed by atoms with van der Waals surface area (Å²) < 4.78 is 5.74. The van der Waals surface area contributed by atoms with Crippen LogP contribution in [0.2, 0.25) is 0 Å². The molecule has 0 saturated carbocycles. The summed E-state index contributed by atoms with van der Waals surface area (Å²) in [7, 11) is 0. The van der Waals surface area contributed by atoms with Crippen LogP contribution in [-0.2, 0) is 17.6 Å². The van der Waals surface area contributed by atoms with Gasteiger partial charge in [-0.3, -0.25) is 4.79 Å². The van der Waals surface area contributed by atoms with E-state index in [4.69, 9.17) is 22.1 Å². The number of anilines is 1. The molecule has 0 spiro atoms. The van der Waals surface area contributed by atoms with E-state index in [1.165, 1.54) is 29.5 Å². The molecule has 0 unspecified atom stereocenters. The monoisotopic (exact) mass is 487 g/mol. The minimum atomic E-state index is -0.822. The molecule has 5 heteroatoms. The number of para-hydroxylation sites is 2. The maximum absolute atomic E-state index is 10.7. The Bertz CT molecular complexity index is 1140. The maximum atomic E-state index is 10.7. The average molecular weight is 488 g/mol. The predicted molar refractivity (Wildman–Crippen MR) is 148 cm³/mol. The smallest absolute Gasteiger partial charge is 0.303 e. The van der Waals surface area contributed by atoms with Crippen molar-refractivity contribution in [2.75, 3.05) is 11.9 Å². The van der Waals surface area contributed by atoms with E-state index in [9.17, 15) is 4.79 Å². The van der Waals surface area contributed by atoms with Gasteiger partial charge in [0.05, 0.1) is 12.3 Å². The third-order valence-corrected chi connectivity index (χ3v) is 5.95. The number of thiocarbonyl (C=S) groups is 1. The van der Waals surface area contributed by atoms with Crippen molar-refractivity contribution >= 4 is 34.9 Å². The lowest BCUT2D eigenvalue weighted by Crippen LogP contribution is -2.08. The number of rotatable bonds is 13. The number of carboxylic acid groups (broad SMARTS) is 1. The Balaban J connectivity index is 1.48. The number of carboxylic acids is 1. The van der Waals surface area contributed by atoms with Crippen molar-refractivity contribution in [1.29, 1.82) is 0 Å². The van der Waals surface area contributed by atoms with Crippen LogP contribution in [0.1, 0.15) is 47.9 Å². The molecule has 0 aliphatic heterocycles. The SMILES string of the molecule is Cc1cc(CCCCc2ccccc2)ccc1/C=C/C(=S)Nc1ccccc1OCCCC(=O)O. The summed E-state index contributed by atoms with van der Waals surface area (Å²) in [5.74, 6) is -0.167. The first-order valence-electron chi connectivity index (χ1n) is 12.1. The number of aryl methyl sites for hydroxylation is 3. The van der Waals surface area contributed by atoms with Crippen LogP contribution in [0.15, 0.2) is 78.9 Å². The summed E-state index contributed by atoms with van der Waals surface area (Å²) >= 11 is 5.51. The second-order valence-electron chi connectivity index (χ2n) is 8.55. The number of ether oxygens (including phenoxy) is 1. The van der Waals surface area contributed by atoms with Gasteiger partial charge in [0.2, 0.25) is 0 Å². The minimum absolute atomic E-state index is 0.0859. The Morgan fingerprint density at radius 1 is 0.943 bits per heavy atom. The van der Waals surface area contributed by atoms with E-state index in [0.717, 1.165) is 24.1 Å². The van der Waals surface area contributed by atoms with Crippen LogP contribution < -0.4 is 10.1 Å². The van der Waals surface area contributed by atoms with Gasteiger partial charge >= 0.3 is 5.97 Å². The third kappa shape index (κ3) is 9.38. The number of nitrogens with one attached hydrogen (secondary N) is 1. The first-order valence-corrected chi connectivity index (χ1v) is 12.5. The number of hydrogen-bond acceptors (Lipinski definition) is 3. The molecule has 0 amide bonds. The largest absolute Gasteiger partial charge is 0.491 e. The van der Waals surface area contributed by atoms with E-state index in [1.807, 2.05) is 36.4 Å². The lowest BCUT2D eigenvalue weighted by molar-refractivity contribution is -0.137. The van der Waals surface area contributed by atoms with Gasteiger partial charge in [-0.05, 0) is 79.5 Å². The molecule has 3 aromatic rings. The van der Waals surface area contributed by atoms with Crippen molar-refractivity contribution in [3.05, 3.63) is 101 Å². The van der Waals surface area contributed by atoms with Gasteiger partial charge in [0, 0.05) is 6.42 Å². The molecular weight excluding hydrogens is 454 g/mol. The zero-order chi connectivity index (χ0) is 24.9. The van der Waals surface area contributed by atoms with Gasteiger partial charge in [0.15, 0.2) is 0 Å². The van der Waals surface area contributed by atoms with Crippen molar-refractivity contribution < 1.29 is 14.6 Å². The summed E-state index contributed by atoms with van der Waals surface area (Å²) in [4.78, 5) is 11.2. The number of hydrogen-bond donors (Lipinski definition) is 2. The fraction of sp³-hybridized carbons (Fsp3) is 0.267. The molecule has 4 nitrogen and oxygen atoms in total. The quantitative estimate of drug-likeness (QED) is 0.151. The predicted octanol–water partition coefficient (Wildman–Crippen LogP) is 7.26. The van der Waals surface area contributed by atoms with E-state index in [1.54, 1.807) is 0 Å². The number of carbonyl (C=O) groups is 1. The summed E-state index contributed by atoms with van der Waals surface area (Å²) in [5, 5.41) is 12.0. The molecule has 0 aromatic heterocycles. The van der Waals surface area contributed by atoms with Crippen LogP contribution in [0, 0.1) is 6.92 Å². The fourth-order valence-corrected chi connectivity index (χ4v) is 4.00. The van der Waals surface area contributed by atoms with Crippen LogP contribution >= 0.6 is 12.2 Å². The molecule has 0 bridgehead atoms. The highest BCUT2D eigenvalue weighted by Gasteiger charge is 2.05. The standard InChI is InChI=1S/C30H33NO3S/c1-23-22-25(13-6-5-12-24-10-3-2-4-11-24)17-18-26(23)19-20-29(35)31-27-14-7-8-15-28(27)34-21-9-16-30(32)33/h2-4,7-8,10-11,14-15,17-20,22H,5-6,9,12-13,16,21H2,1H3,(H,31,35)(H,32,33)/b20-19+. The van der Waals surface area contributed by atoms with E-state index in [2.05, 4.69) is 60.8 Å². The van der Waals surface area contributed by atoms with Crippen LogP contribution in [0.4, 0.5) is 5.69 Å². The van der Waals surface area contributed by atoms with E-state index in [0.29, 0.717) is 23.8 Å². The molecular formula is C30H33NO3S. The van der Waals surface area contributed by atoms with E-state index < -0.39 is 5.97 Å². The van der Waals surface area contributed by atoms with E-state index >= 15 is 0 Å². The molecule has 0 fully saturated rings. The summed E-state index contributed by atoms with van der Waals surface area (Å²) in [6.07, 6.45) is 9.03. The number of aliphatic carboxylic acids is 1. The number of benzene rings is 3. The minimum Gasteiger partial charge on any atom is -0.491 e. The van der Waals surface area contributed by atoms with Crippen molar-refractivity contribution in [2.24, 2.45) is 0 Å². The van der Waals surface area contributed by atoms with Crippen molar-refractivity contribution in [3.8, 4) is 5.75 Å². The molecule has 0 radical (unpaired) electrons. The van der Waals surface area contributed by atoms with Crippen LogP contribution in [-0.4, -0.2) is 22.7 Å². The molecule has 0 atom stereocenters. The molecule has 3 aromatic carbocycles. The second kappa shape index (κ2) is 14.1. The van der Waals surface area contributed by atoms with Crippen molar-refractivity contribution in [1.82, 2.24) is 0 Å². The van der Waals surface area contributed by atoms with Crippen LogP contribution in [0.25, 0.3) is 6.08 Å². The molecule has 0 heterocycles. The first-order chi connectivity index (χ1) is 17.0. The van der Waals surface area contributed by atoms with Gasteiger partial charge in [0.25, 0.3) is 0 Å². The summed E-state index contributed by atoms with van der Waals surface area (Å²) in [5.41, 5.74) is 5.90. The second-order valence-corrected chi connectivity index (χ2v) is 8.99. The van der Waals surface area contributed by atoms with Gasteiger partial charge in [-0.1, -0.05) is 79.0 Å². The lowest BCUT2D eigenvalue weighted by Gasteiger charge is -2.12. The topological polar surface area (TPSA) is 58.6 Å². The van der Waals surface area contributed by atoms with Crippen LogP contribution in [0.3, 0.4) is 0 Å². The van der Waals surface area contributed by atoms with Gasteiger partial charge < -0.3 is 15.2 Å². The van der Waals surface area contributed by atoms with Gasteiger partial charge in [-0.15, -0.1) is 0 Å². The normalized spacial score (nSPS) is 10.9. The average Bonchev–Trinajstić information content (AvgIpc) is 2.85. The molecule has 35 heavy (non-hydrogen) atoms. The number of unbranched alkanes of at least 4 members (excludes halogenated alkanes) is 1. The van der Waals surface area contributed by atoms with Crippen molar-refractivity contribution in [3.63, 3.8) is 0 Å². The van der Waals surface area contributed by atoms with Gasteiger partial charge in [-0.2, -0.15) is 0 Å². The summed E-state index contributed by atoms with van der Waals surface area (Å²) in [6.45, 7) is 2.47. The van der Waals surface area contributed by atoms with E-state index in [-0.39, 0.29) is 6.42 Å². The molecule has 2 N–H and O–H groups in total. The maximum Gasteiger partial charge on any atom is 0.303 e. The molecule has 0 aliphatic rings. The van der Waals surface area contributed by atoms with Crippen molar-refractivity contribution in [2.45, 2.75) is 45.4 Å². The Morgan fingerprint density at radius 3 is 2.40 bits per heavy atom. The molecule has 0 aliphatic carbocycles. The van der Waals surface area contributed by atoms with Gasteiger partial charge in [-0.25, -0.2) is 0 Å². The Kier molecular flexibility index (Phi) is 10.5. The molecule has 182 valence electrons. The first kappa shape index (κ1) is 26.2. The summed E-state index contributed by atoms with van der Waals surface area (Å²) in [6, 6.07) is 24.8. The lowest BCUT2D eigenvalue weighted by atomic mass is 9.99. The third-order valence-electron chi connectivity index (χ3n) is 5.71. The Hall–Kier alpha value is -3.44. The Morgan fingerprint density at radius 2 is 1.66 bits per heavy atom. The zero-order valence-corrected chi connectivity index (χ0v) is 21.0. The highest BCUT2D eigenvalue weighted by molar-refractivity contribution is 7.81. The zero-order valence-electron chi connectivity index (χ0n) is 20.2. The molecule has 0 saturated heterocycles. The fourth-order valence-electron chi connectivity index (χ4n) is 3.82. The highest BCUT2D eigenvalue weighted by atomic mass is 32.1. The Labute approximate surface area is 213 Å². The molecule has 3 rings (SSSR count).